The molecule has 6 nitrogen and oxygen atoms in total. The van der Waals surface area contributed by atoms with Gasteiger partial charge in [-0.2, -0.15) is 0 Å². The summed E-state index contributed by atoms with van der Waals surface area (Å²) in [5.74, 6) is -0.0446. The molecule has 0 amide bonds. The van der Waals surface area contributed by atoms with Crippen LogP contribution in [-0.2, 0) is 9.31 Å². The van der Waals surface area contributed by atoms with Gasteiger partial charge in [-0.05, 0) is 63.5 Å². The highest BCUT2D eigenvalue weighted by molar-refractivity contribution is 6.62. The maximum Gasteiger partial charge on any atom is 0.494 e. The van der Waals surface area contributed by atoms with Crippen molar-refractivity contribution >= 4 is 70.6 Å². The van der Waals surface area contributed by atoms with Crippen LogP contribution in [0.3, 0.4) is 0 Å². The van der Waals surface area contributed by atoms with E-state index < -0.39 is 30.0 Å². The summed E-state index contributed by atoms with van der Waals surface area (Å²) in [5.41, 5.74) is 6.38. The molecule has 0 radical (unpaired) electrons. The Bertz CT molecular complexity index is 2710. The van der Waals surface area contributed by atoms with Gasteiger partial charge < -0.3 is 9.31 Å². The van der Waals surface area contributed by atoms with Crippen molar-refractivity contribution in [1.29, 1.82) is 0 Å². The van der Waals surface area contributed by atoms with Crippen LogP contribution in [0, 0.1) is 11.6 Å². The number of rotatable bonds is 6. The summed E-state index contributed by atoms with van der Waals surface area (Å²) in [6.07, 6.45) is 0. The number of hydrogen-bond donors (Lipinski definition) is 0. The molecule has 64 heavy (non-hydrogen) atoms. The van der Waals surface area contributed by atoms with Gasteiger partial charge in [0.25, 0.3) is 0 Å². The molecule has 6 aromatic carbocycles. The minimum Gasteiger partial charge on any atom is -0.399 e. The van der Waals surface area contributed by atoms with Gasteiger partial charge in [-0.3, -0.25) is 0 Å². The maximum atomic E-state index is 13.8. The molecule has 0 aliphatic carbocycles. The molecule has 1 aliphatic rings. The van der Waals surface area contributed by atoms with Gasteiger partial charge in [-0.15, -0.1) is 0 Å². The van der Waals surface area contributed by atoms with E-state index in [1.807, 2.05) is 155 Å². The molecule has 0 bridgehead atoms. The lowest BCUT2D eigenvalue weighted by Crippen LogP contribution is -2.41. The number of nitrogens with zero attached hydrogens (tertiary/aromatic N) is 4. The van der Waals surface area contributed by atoms with E-state index in [1.165, 1.54) is 24.3 Å². The monoisotopic (exact) mass is 950 g/mol. The van der Waals surface area contributed by atoms with Gasteiger partial charge in [0.2, 0.25) is 0 Å². The summed E-state index contributed by atoms with van der Waals surface area (Å²) in [7, 11) is -0.592. The standard InChI is InChI=1S/C22H13Cl2FN2.C16H11ClN2.C12H14BCl2FO2/c23-17-11-16(12-18(24)21(17)25)20-13-19(14-7-3-1-4-8-14)26-22(27-20)15-9-5-2-6-10-15;17-15-11-14(12-7-3-1-4-8-12)18-16(19-15)13-9-5-2-6-10-13;1-11(2)12(3,4)18-13(17-11)7-5-8(14)10(16)9(15)6-7/h1-13H;1-11H;5-6H,1-4H3. The fourth-order valence-electron chi connectivity index (χ4n) is 6.35. The third-order valence-electron chi connectivity index (χ3n) is 10.4. The van der Waals surface area contributed by atoms with Crippen LogP contribution in [-0.4, -0.2) is 38.3 Å². The van der Waals surface area contributed by atoms with E-state index in [4.69, 9.17) is 72.3 Å². The fraction of sp³-hybridized carbons (Fsp3) is 0.120. The first-order chi connectivity index (χ1) is 30.6. The molecule has 322 valence electrons. The van der Waals surface area contributed by atoms with Gasteiger partial charge in [0.1, 0.15) is 5.15 Å². The van der Waals surface area contributed by atoms with Crippen LogP contribution >= 0.6 is 58.0 Å². The predicted octanol–water partition coefficient (Wildman–Crippen LogP) is 14.8. The van der Waals surface area contributed by atoms with Gasteiger partial charge in [0, 0.05) is 33.9 Å². The first-order valence-electron chi connectivity index (χ1n) is 19.9. The maximum absolute atomic E-state index is 13.8. The molecule has 0 saturated carbocycles. The summed E-state index contributed by atoms with van der Waals surface area (Å²) in [6.45, 7) is 7.78. The number of aromatic nitrogens is 4. The van der Waals surface area contributed by atoms with Crippen molar-refractivity contribution < 1.29 is 18.1 Å². The Hall–Kier alpha value is -5.23. The van der Waals surface area contributed by atoms with E-state index in [9.17, 15) is 8.78 Å². The second-order valence-electron chi connectivity index (χ2n) is 15.5. The van der Waals surface area contributed by atoms with Crippen LogP contribution in [0.2, 0.25) is 25.2 Å². The smallest absolute Gasteiger partial charge is 0.399 e. The van der Waals surface area contributed by atoms with Crippen molar-refractivity contribution in [2.75, 3.05) is 0 Å². The molecule has 2 aromatic heterocycles. The average Bonchev–Trinajstić information content (AvgIpc) is 3.53. The molecule has 9 rings (SSSR count). The van der Waals surface area contributed by atoms with Crippen molar-refractivity contribution in [3.8, 4) is 56.5 Å². The summed E-state index contributed by atoms with van der Waals surface area (Å²) in [6, 6.07) is 48.9. The third kappa shape index (κ3) is 11.2. The highest BCUT2D eigenvalue weighted by Gasteiger charge is 2.51. The van der Waals surface area contributed by atoms with Gasteiger partial charge in [0.15, 0.2) is 23.3 Å². The predicted molar refractivity (Wildman–Crippen MR) is 258 cm³/mol. The van der Waals surface area contributed by atoms with Gasteiger partial charge >= 0.3 is 7.12 Å². The lowest BCUT2D eigenvalue weighted by Gasteiger charge is -2.32. The van der Waals surface area contributed by atoms with Gasteiger partial charge in [0.05, 0.1) is 48.4 Å². The van der Waals surface area contributed by atoms with Crippen molar-refractivity contribution in [1.82, 2.24) is 19.9 Å². The van der Waals surface area contributed by atoms with Crippen LogP contribution in [0.15, 0.2) is 158 Å². The van der Waals surface area contributed by atoms with E-state index in [-0.39, 0.29) is 20.1 Å². The Balaban J connectivity index is 0.000000148. The van der Waals surface area contributed by atoms with Crippen molar-refractivity contribution in [2.45, 2.75) is 38.9 Å². The largest absolute Gasteiger partial charge is 0.494 e. The van der Waals surface area contributed by atoms with Crippen molar-refractivity contribution in [3.63, 3.8) is 0 Å². The van der Waals surface area contributed by atoms with Crippen LogP contribution < -0.4 is 5.46 Å². The summed E-state index contributed by atoms with van der Waals surface area (Å²) in [5, 5.41) is 0.296. The molecule has 1 fully saturated rings. The zero-order valence-corrected chi connectivity index (χ0v) is 38.6. The molecule has 0 unspecified atom stereocenters. The van der Waals surface area contributed by atoms with Crippen LogP contribution in [0.5, 0.6) is 0 Å². The van der Waals surface area contributed by atoms with E-state index in [0.29, 0.717) is 33.5 Å². The molecule has 3 heterocycles. The van der Waals surface area contributed by atoms with Crippen molar-refractivity contribution in [2.24, 2.45) is 0 Å². The normalized spacial score (nSPS) is 13.6. The van der Waals surface area contributed by atoms with Crippen LogP contribution in [0.1, 0.15) is 27.7 Å². The van der Waals surface area contributed by atoms with E-state index in [0.717, 1.165) is 33.6 Å². The molecular weight excluding hydrogens is 915 g/mol. The molecule has 14 heteroatoms. The van der Waals surface area contributed by atoms with Crippen LogP contribution in [0.25, 0.3) is 56.5 Å². The van der Waals surface area contributed by atoms with E-state index in [1.54, 1.807) is 6.07 Å². The van der Waals surface area contributed by atoms with Gasteiger partial charge in [-0.1, -0.05) is 179 Å². The zero-order valence-electron chi connectivity index (χ0n) is 34.8. The van der Waals surface area contributed by atoms with Crippen LogP contribution in [0.4, 0.5) is 8.78 Å². The number of hydrogen-bond acceptors (Lipinski definition) is 6. The third-order valence-corrected chi connectivity index (χ3v) is 11.7. The quantitative estimate of drug-likeness (QED) is 0.0939. The summed E-state index contributed by atoms with van der Waals surface area (Å²) in [4.78, 5) is 18.2. The Labute approximate surface area is 396 Å². The molecule has 0 atom stereocenters. The molecule has 1 aliphatic heterocycles. The summed E-state index contributed by atoms with van der Waals surface area (Å²) < 4.78 is 38.9. The highest BCUT2D eigenvalue weighted by Crippen LogP contribution is 2.37. The van der Waals surface area contributed by atoms with E-state index >= 15 is 0 Å². The molecule has 1 saturated heterocycles. The Morgan fingerprint density at radius 3 is 1.14 bits per heavy atom. The molecule has 0 N–H and O–H groups in total. The second kappa shape index (κ2) is 20.3. The lowest BCUT2D eigenvalue weighted by molar-refractivity contribution is 0.00578. The average molecular weight is 953 g/mol. The summed E-state index contributed by atoms with van der Waals surface area (Å²) >= 11 is 29.6. The van der Waals surface area contributed by atoms with E-state index in [2.05, 4.69) is 15.0 Å². The first-order valence-corrected chi connectivity index (χ1v) is 21.8. The second-order valence-corrected chi connectivity index (χ2v) is 17.5. The SMILES string of the molecule is CC1(C)OB(c2cc(Cl)c(F)c(Cl)c2)OC1(C)C.Clc1cc(-c2ccccc2)nc(-c2ccccc2)n1.Fc1c(Cl)cc(-c2cc(-c3ccccc3)nc(-c3ccccc3)n2)cc1Cl. The number of halogens is 7. The highest BCUT2D eigenvalue weighted by atomic mass is 35.5. The molecule has 0 spiro atoms. The Kier molecular flexibility index (Phi) is 14.8. The number of benzene rings is 6. The fourth-order valence-corrected chi connectivity index (χ4v) is 7.53. The minimum atomic E-state index is -0.636. The molecular formula is C50H38BCl5F2N4O2. The van der Waals surface area contributed by atoms with Gasteiger partial charge in [-0.25, -0.2) is 28.7 Å². The first kappa shape index (κ1) is 46.8. The Morgan fingerprint density at radius 2 is 0.734 bits per heavy atom. The molecule has 8 aromatic rings. The van der Waals surface area contributed by atoms with Crippen molar-refractivity contribution in [3.05, 3.63) is 195 Å². The zero-order chi connectivity index (χ0) is 45.6. The minimum absolute atomic E-state index is 0.0350. The topological polar surface area (TPSA) is 70.0 Å². The Morgan fingerprint density at radius 1 is 0.406 bits per heavy atom. The lowest BCUT2D eigenvalue weighted by atomic mass is 9.79.